The van der Waals surface area contributed by atoms with E-state index in [0.29, 0.717) is 6.42 Å². The second-order valence-corrected chi connectivity index (χ2v) is 2.55. The summed E-state index contributed by atoms with van der Waals surface area (Å²) in [5.74, 6) is 0. The molecule has 0 spiro atoms. The Kier molecular flexibility index (Phi) is 2.30. The van der Waals surface area contributed by atoms with E-state index in [1.165, 1.54) is 0 Å². The van der Waals surface area contributed by atoms with Crippen molar-refractivity contribution in [3.8, 4) is 0 Å². The van der Waals surface area contributed by atoms with Gasteiger partial charge in [-0.2, -0.15) is 0 Å². The summed E-state index contributed by atoms with van der Waals surface area (Å²) in [4.78, 5) is 0. The van der Waals surface area contributed by atoms with E-state index in [9.17, 15) is 0 Å². The van der Waals surface area contributed by atoms with Gasteiger partial charge in [0, 0.05) is 0 Å². The highest BCUT2D eigenvalue weighted by atomic mass is 16.3. The van der Waals surface area contributed by atoms with Crippen LogP contribution in [0.4, 0.5) is 0 Å². The Bertz CT molecular complexity index is 42.6. The van der Waals surface area contributed by atoms with Crippen molar-refractivity contribution in [2.45, 2.75) is 20.3 Å². The third kappa shape index (κ3) is 5.96. The highest BCUT2D eigenvalue weighted by Crippen LogP contribution is 2.17. The van der Waals surface area contributed by atoms with E-state index < -0.39 is 0 Å². The molecule has 0 rings (SSSR count). The van der Waals surface area contributed by atoms with Gasteiger partial charge in [0.05, 0.1) is 6.61 Å². The first-order chi connectivity index (χ1) is 3.06. The van der Waals surface area contributed by atoms with Gasteiger partial charge in [0.1, 0.15) is 0 Å². The molecule has 0 aromatic rings. The summed E-state index contributed by atoms with van der Waals surface area (Å²) in [6, 6.07) is 0. The molecular weight excluding hydrogens is 88.1 g/mol. The van der Waals surface area contributed by atoms with Crippen LogP contribution in [0.25, 0.3) is 0 Å². The predicted octanol–water partition coefficient (Wildman–Crippen LogP) is 1.77. The molecular formula is C6H12O. The lowest BCUT2D eigenvalue weighted by atomic mass is 9.93. The van der Waals surface area contributed by atoms with Crippen LogP contribution in [0.3, 0.4) is 0 Å². The summed E-state index contributed by atoms with van der Waals surface area (Å²) in [5.41, 5.74) is -0.00521. The summed E-state index contributed by atoms with van der Waals surface area (Å²) in [6.07, 6.45) is 0.660. The zero-order chi connectivity index (χ0) is 5.91. The van der Waals surface area contributed by atoms with Crippen LogP contribution in [-0.2, 0) is 0 Å². The van der Waals surface area contributed by atoms with Crippen molar-refractivity contribution < 1.29 is 5.11 Å². The van der Waals surface area contributed by atoms with Crippen LogP contribution in [0, 0.1) is 18.9 Å². The first-order valence-corrected chi connectivity index (χ1v) is 2.37. The van der Waals surface area contributed by atoms with Gasteiger partial charge in [0.25, 0.3) is 0 Å². The third-order valence-corrected chi connectivity index (χ3v) is 0.644. The number of rotatable bonds is 2. The second kappa shape index (κ2) is 2.31. The van der Waals surface area contributed by atoms with Crippen LogP contribution in [0.15, 0.2) is 0 Å². The average Bonchev–Trinajstić information content (AvgIpc) is 1.30. The molecule has 0 heterocycles. The zero-order valence-corrected chi connectivity index (χ0v) is 4.94. The molecule has 7 heavy (non-hydrogen) atoms. The molecule has 0 atom stereocenters. The minimum atomic E-state index is -0.00521. The molecule has 1 heteroatoms. The van der Waals surface area contributed by atoms with Crippen LogP contribution in [0.1, 0.15) is 20.3 Å². The predicted molar refractivity (Wildman–Crippen MR) is 30.0 cm³/mol. The minimum absolute atomic E-state index is 0.00521. The molecule has 0 amide bonds. The zero-order valence-electron chi connectivity index (χ0n) is 4.94. The van der Waals surface area contributed by atoms with Gasteiger partial charge in [-0.1, -0.05) is 13.8 Å². The Morgan fingerprint density at radius 3 is 2.14 bits per heavy atom. The van der Waals surface area contributed by atoms with Crippen molar-refractivity contribution in [2.24, 2.45) is 5.41 Å². The van der Waals surface area contributed by atoms with E-state index in [1.54, 1.807) is 0 Å². The van der Waals surface area contributed by atoms with Gasteiger partial charge in [-0.15, -0.1) is 0 Å². The molecule has 0 aromatic heterocycles. The Hall–Kier alpha value is -0.0400. The van der Waals surface area contributed by atoms with Crippen molar-refractivity contribution in [2.75, 3.05) is 0 Å². The average molecular weight is 100 g/mol. The summed E-state index contributed by atoms with van der Waals surface area (Å²) in [6.45, 7) is 8.86. The van der Waals surface area contributed by atoms with Crippen molar-refractivity contribution in [3.05, 3.63) is 13.5 Å². The van der Waals surface area contributed by atoms with Crippen molar-refractivity contribution in [1.82, 2.24) is 0 Å². The minimum Gasteiger partial charge on any atom is -0.390 e. The standard InChI is InChI=1S/C6H12O/c1-6(2,3)4-5-7/h5,7H,1,4H2,2-3H3. The molecule has 0 aliphatic heterocycles. The number of aliphatic hydroxyl groups excluding tert-OH is 1. The number of aliphatic hydroxyl groups is 1. The Morgan fingerprint density at radius 2 is 2.14 bits per heavy atom. The van der Waals surface area contributed by atoms with E-state index in [0.717, 1.165) is 6.61 Å². The fraction of sp³-hybridized carbons (Fsp3) is 0.667. The lowest BCUT2D eigenvalue weighted by Gasteiger charge is -2.14. The van der Waals surface area contributed by atoms with Crippen LogP contribution >= 0.6 is 0 Å². The van der Waals surface area contributed by atoms with Gasteiger partial charge in [-0.3, -0.25) is 0 Å². The Labute approximate surface area is 45.4 Å². The summed E-state index contributed by atoms with van der Waals surface area (Å²) < 4.78 is 0. The van der Waals surface area contributed by atoms with Crippen LogP contribution in [0.5, 0.6) is 0 Å². The van der Waals surface area contributed by atoms with Crippen LogP contribution < -0.4 is 0 Å². The smallest absolute Gasteiger partial charge is 0.0804 e. The van der Waals surface area contributed by atoms with E-state index in [1.807, 2.05) is 13.8 Å². The van der Waals surface area contributed by atoms with Gasteiger partial charge >= 0.3 is 0 Å². The molecule has 0 saturated carbocycles. The molecule has 0 aliphatic carbocycles. The Morgan fingerprint density at radius 1 is 1.71 bits per heavy atom. The topological polar surface area (TPSA) is 20.2 Å². The van der Waals surface area contributed by atoms with E-state index in [2.05, 4.69) is 6.92 Å². The molecule has 2 radical (unpaired) electrons. The van der Waals surface area contributed by atoms with Gasteiger partial charge in [-0.05, 0) is 18.8 Å². The highest BCUT2D eigenvalue weighted by Gasteiger charge is 2.07. The maximum atomic E-state index is 8.24. The lowest BCUT2D eigenvalue weighted by molar-refractivity contribution is 0.315. The summed E-state index contributed by atoms with van der Waals surface area (Å²) >= 11 is 0. The first kappa shape index (κ1) is 6.96. The molecule has 42 valence electrons. The molecule has 1 N–H and O–H groups in total. The second-order valence-electron chi connectivity index (χ2n) is 2.55. The maximum Gasteiger partial charge on any atom is 0.0804 e. The summed E-state index contributed by atoms with van der Waals surface area (Å²) in [7, 11) is 0. The first-order valence-electron chi connectivity index (χ1n) is 2.37. The van der Waals surface area contributed by atoms with Crippen LogP contribution in [0.2, 0.25) is 0 Å². The highest BCUT2D eigenvalue weighted by molar-refractivity contribution is 4.73. The normalized spacial score (nSPS) is 12.0. The molecule has 0 bridgehead atoms. The SMILES string of the molecule is [CH2]C(C)(C)C[CH]O. The quantitative estimate of drug-likeness (QED) is 0.560. The maximum absolute atomic E-state index is 8.24. The van der Waals surface area contributed by atoms with Gasteiger partial charge < -0.3 is 5.11 Å². The van der Waals surface area contributed by atoms with Gasteiger partial charge in [0.2, 0.25) is 0 Å². The summed E-state index contributed by atoms with van der Waals surface area (Å²) in [5, 5.41) is 8.24. The van der Waals surface area contributed by atoms with Crippen LogP contribution in [-0.4, -0.2) is 5.11 Å². The fourth-order valence-corrected chi connectivity index (χ4v) is 0.247. The van der Waals surface area contributed by atoms with Gasteiger partial charge in [0.15, 0.2) is 0 Å². The molecule has 0 aromatic carbocycles. The fourth-order valence-electron chi connectivity index (χ4n) is 0.247. The molecule has 0 saturated heterocycles. The van der Waals surface area contributed by atoms with E-state index in [4.69, 9.17) is 5.11 Å². The molecule has 1 nitrogen and oxygen atoms in total. The lowest BCUT2D eigenvalue weighted by Crippen LogP contribution is -2.04. The molecule has 0 fully saturated rings. The number of hydrogen-bond donors (Lipinski definition) is 1. The Balaban J connectivity index is 3.15. The monoisotopic (exact) mass is 100 g/mol. The van der Waals surface area contributed by atoms with E-state index in [-0.39, 0.29) is 5.41 Å². The molecule has 0 aliphatic rings. The van der Waals surface area contributed by atoms with Crippen molar-refractivity contribution >= 4 is 0 Å². The van der Waals surface area contributed by atoms with E-state index >= 15 is 0 Å². The van der Waals surface area contributed by atoms with Gasteiger partial charge in [-0.25, -0.2) is 0 Å². The number of hydrogen-bond acceptors (Lipinski definition) is 1. The molecule has 0 unspecified atom stereocenters. The third-order valence-electron chi connectivity index (χ3n) is 0.644. The largest absolute Gasteiger partial charge is 0.390 e. The van der Waals surface area contributed by atoms with Crippen molar-refractivity contribution in [1.29, 1.82) is 0 Å². The van der Waals surface area contributed by atoms with Crippen molar-refractivity contribution in [3.63, 3.8) is 0 Å².